The first-order valence-electron chi connectivity index (χ1n) is 27.2. The Morgan fingerprint density at radius 3 is 1.75 bits per heavy atom. The molecule has 2 aliphatic rings. The summed E-state index contributed by atoms with van der Waals surface area (Å²) in [6.45, 7) is 16.3. The molecule has 0 aliphatic heterocycles. The van der Waals surface area contributed by atoms with Crippen LogP contribution in [0.15, 0.2) is 194 Å². The predicted octanol–water partition coefficient (Wildman–Crippen LogP) is 20.4. The molecule has 1 heterocycles. The fraction of sp³-hybridized carbons (Fsp3) is 0.239. The van der Waals surface area contributed by atoms with E-state index in [1.54, 1.807) is 0 Å². The van der Waals surface area contributed by atoms with Crippen molar-refractivity contribution in [3.05, 3.63) is 228 Å². The molecule has 0 amide bonds. The molecule has 2 heteroatoms. The van der Waals surface area contributed by atoms with Gasteiger partial charge in [-0.25, -0.2) is 0 Å². The summed E-state index contributed by atoms with van der Waals surface area (Å²) in [5, 5.41) is 2.54. The van der Waals surface area contributed by atoms with E-state index in [1.165, 1.54) is 150 Å². The van der Waals surface area contributed by atoms with Crippen LogP contribution in [0.1, 0.15) is 126 Å². The first-order valence-corrected chi connectivity index (χ1v) is 27.2. The Balaban J connectivity index is 0.891. The zero-order valence-corrected chi connectivity index (χ0v) is 43.9. The molecular weight excluding hydrogens is 881 g/mol. The first-order chi connectivity index (χ1) is 35.5. The van der Waals surface area contributed by atoms with Gasteiger partial charge in [-0.2, -0.15) is 0 Å². The second-order valence-corrected chi connectivity index (χ2v) is 22.3. The molecule has 0 spiro atoms. The fourth-order valence-corrected chi connectivity index (χ4v) is 12.9. The largest absolute Gasteiger partial charge is 0.311 e. The summed E-state index contributed by atoms with van der Waals surface area (Å²) in [5.74, 6) is 0.457. The van der Waals surface area contributed by atoms with Crippen LogP contribution in [0.4, 0.5) is 17.1 Å². The van der Waals surface area contributed by atoms with Crippen LogP contribution in [0.3, 0.4) is 0 Å². The minimum absolute atomic E-state index is 0.00173. The van der Waals surface area contributed by atoms with E-state index in [2.05, 4.69) is 252 Å². The summed E-state index contributed by atoms with van der Waals surface area (Å²) in [7, 11) is 0. The lowest BCUT2D eigenvalue weighted by Gasteiger charge is -2.28. The van der Waals surface area contributed by atoms with E-state index in [4.69, 9.17) is 0 Å². The Morgan fingerprint density at radius 2 is 1.01 bits per heavy atom. The van der Waals surface area contributed by atoms with Gasteiger partial charge in [-0.1, -0.05) is 213 Å². The second-order valence-electron chi connectivity index (χ2n) is 22.3. The number of para-hydroxylation sites is 1. The maximum atomic E-state index is 2.52. The van der Waals surface area contributed by atoms with Gasteiger partial charge in [0.25, 0.3) is 0 Å². The molecule has 2 aliphatic carbocycles. The second kappa shape index (κ2) is 18.6. The molecule has 0 saturated carbocycles. The Bertz CT molecular complexity index is 3680. The highest BCUT2D eigenvalue weighted by molar-refractivity contribution is 6.16. The normalized spacial score (nSPS) is 15.2. The molecule has 12 rings (SSSR count). The van der Waals surface area contributed by atoms with Crippen LogP contribution in [-0.2, 0) is 10.8 Å². The van der Waals surface area contributed by atoms with Gasteiger partial charge in [0.2, 0.25) is 0 Å². The smallest absolute Gasteiger partial charge is 0.0547 e. The number of hydrogen-bond acceptors (Lipinski definition) is 1. The van der Waals surface area contributed by atoms with Crippen LogP contribution >= 0.6 is 0 Å². The van der Waals surface area contributed by atoms with E-state index in [0.717, 1.165) is 17.1 Å². The van der Waals surface area contributed by atoms with Crippen LogP contribution in [0.2, 0.25) is 0 Å². The maximum absolute atomic E-state index is 2.52. The van der Waals surface area contributed by atoms with Gasteiger partial charge in [0.15, 0.2) is 0 Å². The van der Waals surface area contributed by atoms with Crippen molar-refractivity contribution in [2.45, 2.75) is 110 Å². The summed E-state index contributed by atoms with van der Waals surface area (Å²) < 4.78 is 2.48. The van der Waals surface area contributed by atoms with Crippen molar-refractivity contribution in [1.82, 2.24) is 4.57 Å². The fourth-order valence-electron chi connectivity index (χ4n) is 12.9. The van der Waals surface area contributed by atoms with Gasteiger partial charge < -0.3 is 9.47 Å². The summed E-state index contributed by atoms with van der Waals surface area (Å²) in [4.78, 5) is 2.41. The van der Waals surface area contributed by atoms with Crippen molar-refractivity contribution < 1.29 is 0 Å². The lowest BCUT2D eigenvalue weighted by molar-refractivity contribution is 0.480. The van der Waals surface area contributed by atoms with Crippen molar-refractivity contribution in [3.63, 3.8) is 0 Å². The molecule has 0 saturated heterocycles. The standard InChI is InChI=1S/C71H68N2/c1-8-9-10-11-12-17-43-71(7)65-44-48(4)25-40-60(65)61-41-32-52(45-66(61)71)50-28-35-54(36-29-50)72(53-33-26-49(27-34-53)47(2)3)55-37-30-51(31-38-55)57-21-18-24-68-69(57)62-20-14-16-23-67(62)73(68)56-39-42-59-58-19-13-15-22-63(58)70(5,6)64(59)46-56/h13-16,18-42,44-47H,8-12,17,43H2,1-7H3. The van der Waals surface area contributed by atoms with E-state index in [0.29, 0.717) is 5.92 Å². The van der Waals surface area contributed by atoms with Crippen LogP contribution in [-0.4, -0.2) is 4.57 Å². The van der Waals surface area contributed by atoms with Gasteiger partial charge in [0.05, 0.1) is 11.0 Å². The van der Waals surface area contributed by atoms with Crippen LogP contribution in [0.5, 0.6) is 0 Å². The number of hydrogen-bond donors (Lipinski definition) is 0. The number of benzene rings is 9. The molecule has 1 unspecified atom stereocenters. The zero-order valence-electron chi connectivity index (χ0n) is 43.9. The molecule has 2 nitrogen and oxygen atoms in total. The van der Waals surface area contributed by atoms with Gasteiger partial charge in [-0.15, -0.1) is 0 Å². The summed E-state index contributed by atoms with van der Waals surface area (Å²) in [6.07, 6.45) is 9.05. The minimum atomic E-state index is -0.0791. The number of aromatic nitrogens is 1. The minimum Gasteiger partial charge on any atom is -0.311 e. The molecule has 0 radical (unpaired) electrons. The highest BCUT2D eigenvalue weighted by Gasteiger charge is 2.39. The Hall–Kier alpha value is -7.42. The third-order valence-corrected chi connectivity index (χ3v) is 16.9. The van der Waals surface area contributed by atoms with Crippen LogP contribution < -0.4 is 4.90 Å². The van der Waals surface area contributed by atoms with Crippen molar-refractivity contribution in [2.24, 2.45) is 0 Å². The van der Waals surface area contributed by atoms with Crippen molar-refractivity contribution >= 4 is 38.9 Å². The number of aryl methyl sites for hydroxylation is 1. The van der Waals surface area contributed by atoms with Gasteiger partial charge in [0, 0.05) is 44.4 Å². The Morgan fingerprint density at radius 1 is 0.452 bits per heavy atom. The topological polar surface area (TPSA) is 8.17 Å². The van der Waals surface area contributed by atoms with E-state index in [1.807, 2.05) is 0 Å². The number of unbranched alkanes of at least 4 members (excludes halogenated alkanes) is 5. The van der Waals surface area contributed by atoms with Gasteiger partial charge in [-0.05, 0) is 158 Å². The summed E-state index contributed by atoms with van der Waals surface area (Å²) >= 11 is 0. The van der Waals surface area contributed by atoms with E-state index >= 15 is 0 Å². The highest BCUT2D eigenvalue weighted by Crippen LogP contribution is 2.53. The predicted molar refractivity (Wildman–Crippen MR) is 313 cm³/mol. The van der Waals surface area contributed by atoms with E-state index < -0.39 is 0 Å². The monoisotopic (exact) mass is 949 g/mol. The molecule has 1 atom stereocenters. The van der Waals surface area contributed by atoms with Crippen LogP contribution in [0, 0.1) is 6.92 Å². The molecule has 9 aromatic carbocycles. The van der Waals surface area contributed by atoms with Crippen molar-refractivity contribution in [3.8, 4) is 50.2 Å². The van der Waals surface area contributed by atoms with E-state index in [-0.39, 0.29) is 10.8 Å². The first kappa shape index (κ1) is 46.6. The lowest BCUT2D eigenvalue weighted by atomic mass is 9.75. The van der Waals surface area contributed by atoms with E-state index in [9.17, 15) is 0 Å². The number of nitrogens with zero attached hydrogens (tertiary/aromatic N) is 2. The Labute approximate surface area is 434 Å². The summed E-state index contributed by atoms with van der Waals surface area (Å²) in [5.41, 5.74) is 25.9. The Kier molecular flexibility index (Phi) is 11.9. The van der Waals surface area contributed by atoms with Gasteiger partial charge >= 0.3 is 0 Å². The molecule has 10 aromatic rings. The average molecular weight is 949 g/mol. The third-order valence-electron chi connectivity index (χ3n) is 16.9. The molecule has 0 N–H and O–H groups in total. The number of rotatable bonds is 14. The number of fused-ring (bicyclic) bond motifs is 9. The molecular formula is C71H68N2. The van der Waals surface area contributed by atoms with Crippen LogP contribution in [0.25, 0.3) is 72.0 Å². The molecule has 362 valence electrons. The third kappa shape index (κ3) is 7.93. The van der Waals surface area contributed by atoms with Gasteiger partial charge in [-0.3, -0.25) is 0 Å². The molecule has 73 heavy (non-hydrogen) atoms. The average Bonchev–Trinajstić information content (AvgIpc) is 3.97. The quantitative estimate of drug-likeness (QED) is 0.0986. The number of anilines is 3. The zero-order chi connectivity index (χ0) is 50.0. The molecule has 0 fully saturated rings. The van der Waals surface area contributed by atoms with Crippen molar-refractivity contribution in [2.75, 3.05) is 4.90 Å². The van der Waals surface area contributed by atoms with Crippen molar-refractivity contribution in [1.29, 1.82) is 0 Å². The molecule has 1 aromatic heterocycles. The maximum Gasteiger partial charge on any atom is 0.0547 e. The highest BCUT2D eigenvalue weighted by atomic mass is 15.1. The summed E-state index contributed by atoms with van der Waals surface area (Å²) in [6, 6.07) is 73.9. The SMILES string of the molecule is CCCCCCCCC1(C)c2cc(C)ccc2-c2ccc(-c3ccc(N(c4ccc(-c5cccc6c5c5ccccc5n6-c5ccc6c(c5)C(C)(C)c5ccccc5-6)cc4)c4ccc(C(C)C)cc4)cc3)cc21. The molecule has 0 bridgehead atoms. The lowest BCUT2D eigenvalue weighted by Crippen LogP contribution is -2.21. The van der Waals surface area contributed by atoms with Gasteiger partial charge in [0.1, 0.15) is 0 Å².